The van der Waals surface area contributed by atoms with E-state index >= 15 is 0 Å². The Morgan fingerprint density at radius 3 is 2.83 bits per heavy atom. The molecule has 2 amide bonds. The first-order valence-corrected chi connectivity index (χ1v) is 5.91. The minimum Gasteiger partial charge on any atom is -0.341 e. The molecular formula is C13H17N3O2. The van der Waals surface area contributed by atoms with Gasteiger partial charge >= 0.3 is 0 Å². The van der Waals surface area contributed by atoms with Crippen molar-refractivity contribution in [3.8, 4) is 0 Å². The van der Waals surface area contributed by atoms with Gasteiger partial charge < -0.3 is 10.2 Å². The highest BCUT2D eigenvalue weighted by Crippen LogP contribution is 2.16. The number of rotatable bonds is 2. The van der Waals surface area contributed by atoms with E-state index < -0.39 is 5.54 Å². The Morgan fingerprint density at radius 1 is 1.44 bits per heavy atom. The van der Waals surface area contributed by atoms with Crippen molar-refractivity contribution in [2.24, 2.45) is 0 Å². The maximum atomic E-state index is 12.2. The minimum atomic E-state index is -0.835. The van der Waals surface area contributed by atoms with Crippen LogP contribution in [0.3, 0.4) is 0 Å². The summed E-state index contributed by atoms with van der Waals surface area (Å²) in [6, 6.07) is 3.80. The average Bonchev–Trinajstić information content (AvgIpc) is 2.27. The summed E-state index contributed by atoms with van der Waals surface area (Å²) in [7, 11) is 0. The van der Waals surface area contributed by atoms with Gasteiger partial charge in [-0.1, -0.05) is 6.07 Å². The molecule has 18 heavy (non-hydrogen) atoms. The summed E-state index contributed by atoms with van der Waals surface area (Å²) in [5.41, 5.74) is 1.02. The second-order valence-corrected chi connectivity index (χ2v) is 5.10. The maximum absolute atomic E-state index is 12.2. The van der Waals surface area contributed by atoms with Gasteiger partial charge in [-0.2, -0.15) is 0 Å². The van der Waals surface area contributed by atoms with Gasteiger partial charge in [0.05, 0.1) is 12.2 Å². The minimum absolute atomic E-state index is 0.0767. The van der Waals surface area contributed by atoms with Crippen molar-refractivity contribution in [3.63, 3.8) is 0 Å². The van der Waals surface area contributed by atoms with Crippen LogP contribution in [0, 0.1) is 6.92 Å². The fourth-order valence-corrected chi connectivity index (χ4v) is 2.07. The van der Waals surface area contributed by atoms with Crippen LogP contribution in [0.4, 0.5) is 0 Å². The van der Waals surface area contributed by atoms with Crippen LogP contribution in [0.25, 0.3) is 0 Å². The zero-order chi connectivity index (χ0) is 13.3. The van der Waals surface area contributed by atoms with Gasteiger partial charge in [0.15, 0.2) is 0 Å². The van der Waals surface area contributed by atoms with E-state index in [9.17, 15) is 9.59 Å². The first-order chi connectivity index (χ1) is 8.40. The largest absolute Gasteiger partial charge is 0.341 e. The number of nitrogens with one attached hydrogen (secondary N) is 1. The molecule has 1 aromatic heterocycles. The van der Waals surface area contributed by atoms with Crippen LogP contribution in [0.2, 0.25) is 0 Å². The van der Waals surface area contributed by atoms with Crippen LogP contribution >= 0.6 is 0 Å². The monoisotopic (exact) mass is 247 g/mol. The zero-order valence-corrected chi connectivity index (χ0v) is 10.9. The first-order valence-electron chi connectivity index (χ1n) is 5.91. The second kappa shape index (κ2) is 4.40. The van der Waals surface area contributed by atoms with Crippen molar-refractivity contribution in [1.82, 2.24) is 15.2 Å². The van der Waals surface area contributed by atoms with Crippen LogP contribution in [-0.4, -0.2) is 33.8 Å². The molecule has 2 rings (SSSR count). The Hall–Kier alpha value is -1.91. The standard InChI is InChI=1S/C13H17N3O2/c1-9-5-4-6-14-10(9)7-16-8-11(17)15-13(2,3)12(16)18/h4-6H,7-8H2,1-3H3,(H,15,17). The molecule has 0 radical (unpaired) electrons. The van der Waals surface area contributed by atoms with Crippen molar-refractivity contribution in [3.05, 3.63) is 29.6 Å². The summed E-state index contributed by atoms with van der Waals surface area (Å²) in [5, 5.41) is 2.69. The molecule has 5 nitrogen and oxygen atoms in total. The van der Waals surface area contributed by atoms with Gasteiger partial charge in [-0.25, -0.2) is 0 Å². The smallest absolute Gasteiger partial charge is 0.248 e. The molecule has 1 aromatic rings. The molecule has 0 aromatic carbocycles. The van der Waals surface area contributed by atoms with Gasteiger partial charge in [-0.05, 0) is 32.4 Å². The molecule has 0 unspecified atom stereocenters. The van der Waals surface area contributed by atoms with Gasteiger partial charge in [0.25, 0.3) is 0 Å². The van der Waals surface area contributed by atoms with E-state index in [0.29, 0.717) is 6.54 Å². The van der Waals surface area contributed by atoms with Crippen molar-refractivity contribution in [2.75, 3.05) is 6.54 Å². The number of amides is 2. The van der Waals surface area contributed by atoms with E-state index in [1.807, 2.05) is 19.1 Å². The summed E-state index contributed by atoms with van der Waals surface area (Å²) in [4.78, 5) is 29.6. The molecular weight excluding hydrogens is 230 g/mol. The van der Waals surface area contributed by atoms with Crippen molar-refractivity contribution < 1.29 is 9.59 Å². The van der Waals surface area contributed by atoms with Crippen LogP contribution in [0.1, 0.15) is 25.1 Å². The highest BCUT2D eigenvalue weighted by atomic mass is 16.2. The zero-order valence-electron chi connectivity index (χ0n) is 10.9. The molecule has 0 bridgehead atoms. The number of pyridine rings is 1. The summed E-state index contributed by atoms with van der Waals surface area (Å²) in [6.45, 7) is 5.85. The van der Waals surface area contributed by atoms with Gasteiger partial charge in [0, 0.05) is 6.20 Å². The molecule has 0 atom stereocenters. The van der Waals surface area contributed by atoms with Crippen molar-refractivity contribution in [2.45, 2.75) is 32.9 Å². The van der Waals surface area contributed by atoms with E-state index in [-0.39, 0.29) is 18.4 Å². The predicted octanol–water partition coefficient (Wildman–Crippen LogP) is 0.627. The Kier molecular flexibility index (Phi) is 3.07. The number of hydrogen-bond donors (Lipinski definition) is 1. The third-order valence-electron chi connectivity index (χ3n) is 3.07. The molecule has 0 spiro atoms. The molecule has 1 fully saturated rings. The third kappa shape index (κ3) is 2.34. The van der Waals surface area contributed by atoms with E-state index in [1.54, 1.807) is 24.9 Å². The molecule has 2 heterocycles. The average molecular weight is 247 g/mol. The van der Waals surface area contributed by atoms with Gasteiger partial charge in [0.2, 0.25) is 11.8 Å². The number of nitrogens with zero attached hydrogens (tertiary/aromatic N) is 2. The summed E-state index contributed by atoms with van der Waals surface area (Å²) >= 11 is 0. The second-order valence-electron chi connectivity index (χ2n) is 5.10. The van der Waals surface area contributed by atoms with Crippen LogP contribution in [0.15, 0.2) is 18.3 Å². The topological polar surface area (TPSA) is 62.3 Å². The van der Waals surface area contributed by atoms with Gasteiger partial charge in [-0.3, -0.25) is 14.6 Å². The van der Waals surface area contributed by atoms with Crippen LogP contribution in [0.5, 0.6) is 0 Å². The van der Waals surface area contributed by atoms with E-state index in [4.69, 9.17) is 0 Å². The summed E-state index contributed by atoms with van der Waals surface area (Å²) < 4.78 is 0. The van der Waals surface area contributed by atoms with E-state index in [0.717, 1.165) is 11.3 Å². The lowest BCUT2D eigenvalue weighted by Gasteiger charge is -2.37. The van der Waals surface area contributed by atoms with Crippen molar-refractivity contribution in [1.29, 1.82) is 0 Å². The number of hydrogen-bond acceptors (Lipinski definition) is 3. The van der Waals surface area contributed by atoms with Crippen LogP contribution < -0.4 is 5.32 Å². The Labute approximate surface area is 106 Å². The lowest BCUT2D eigenvalue weighted by Crippen LogP contribution is -2.63. The molecule has 96 valence electrons. The highest BCUT2D eigenvalue weighted by molar-refractivity contribution is 5.97. The SMILES string of the molecule is Cc1cccnc1CN1CC(=O)NC(C)(C)C1=O. The predicted molar refractivity (Wildman–Crippen MR) is 66.6 cm³/mol. The maximum Gasteiger partial charge on any atom is 0.248 e. The Bertz CT molecular complexity index is 497. The van der Waals surface area contributed by atoms with E-state index in [1.165, 1.54) is 0 Å². The number of aromatic nitrogens is 1. The summed E-state index contributed by atoms with van der Waals surface area (Å²) in [5.74, 6) is -0.208. The molecule has 0 aliphatic carbocycles. The quantitative estimate of drug-likeness (QED) is 0.833. The molecule has 1 saturated heterocycles. The Morgan fingerprint density at radius 2 is 2.17 bits per heavy atom. The molecule has 5 heteroatoms. The number of carbonyl (C=O) groups excluding carboxylic acids is 2. The lowest BCUT2D eigenvalue weighted by atomic mass is 10.00. The third-order valence-corrected chi connectivity index (χ3v) is 3.07. The Balaban J connectivity index is 2.21. The normalized spacial score (nSPS) is 18.7. The number of carbonyl (C=O) groups is 2. The van der Waals surface area contributed by atoms with Gasteiger partial charge in [0.1, 0.15) is 12.1 Å². The molecule has 0 saturated carbocycles. The highest BCUT2D eigenvalue weighted by Gasteiger charge is 2.39. The fraction of sp³-hybridized carbons (Fsp3) is 0.462. The number of piperazine rings is 1. The van der Waals surface area contributed by atoms with E-state index in [2.05, 4.69) is 10.3 Å². The molecule has 1 N–H and O–H groups in total. The molecule has 1 aliphatic rings. The summed E-state index contributed by atoms with van der Waals surface area (Å²) in [6.07, 6.45) is 1.70. The molecule has 1 aliphatic heterocycles. The van der Waals surface area contributed by atoms with Crippen molar-refractivity contribution >= 4 is 11.8 Å². The van der Waals surface area contributed by atoms with Crippen LogP contribution in [-0.2, 0) is 16.1 Å². The first kappa shape index (κ1) is 12.5. The van der Waals surface area contributed by atoms with Gasteiger partial charge in [-0.15, -0.1) is 0 Å². The lowest BCUT2D eigenvalue weighted by molar-refractivity contribution is -0.149. The fourth-order valence-electron chi connectivity index (χ4n) is 2.07. The number of aryl methyl sites for hydroxylation is 1.